The zero-order valence-electron chi connectivity index (χ0n) is 10.2. The average molecular weight is 238 g/mol. The summed E-state index contributed by atoms with van der Waals surface area (Å²) < 4.78 is 5.25. The van der Waals surface area contributed by atoms with Gasteiger partial charge in [-0.05, 0) is 32.9 Å². The molecule has 1 heterocycles. The lowest BCUT2D eigenvalue weighted by molar-refractivity contribution is -0.137. The van der Waals surface area contributed by atoms with Gasteiger partial charge >= 0.3 is 5.97 Å². The van der Waals surface area contributed by atoms with Crippen LogP contribution in [0.1, 0.15) is 36.6 Å². The molecular formula is C12H18N2O3. The lowest BCUT2D eigenvalue weighted by atomic mass is 9.82. The van der Waals surface area contributed by atoms with E-state index in [4.69, 9.17) is 9.63 Å². The van der Waals surface area contributed by atoms with Crippen molar-refractivity contribution in [1.82, 2.24) is 10.1 Å². The van der Waals surface area contributed by atoms with Gasteiger partial charge in [-0.1, -0.05) is 5.16 Å². The normalized spacial score (nSPS) is 23.7. The quantitative estimate of drug-likeness (QED) is 0.864. The molecule has 2 rings (SSSR count). The highest BCUT2D eigenvalue weighted by Gasteiger charge is 2.31. The highest BCUT2D eigenvalue weighted by molar-refractivity contribution is 5.66. The van der Waals surface area contributed by atoms with Gasteiger partial charge in [-0.25, -0.2) is 0 Å². The van der Waals surface area contributed by atoms with Crippen LogP contribution in [0, 0.1) is 5.92 Å². The molecule has 2 unspecified atom stereocenters. The molecule has 94 valence electrons. The van der Waals surface area contributed by atoms with Crippen molar-refractivity contribution < 1.29 is 14.4 Å². The number of carboxylic acids is 1. The van der Waals surface area contributed by atoms with Crippen LogP contribution in [-0.2, 0) is 11.2 Å². The molecule has 1 aliphatic rings. The molecule has 1 aromatic rings. The van der Waals surface area contributed by atoms with E-state index in [1.807, 2.05) is 14.1 Å². The number of aliphatic carboxylic acids is 1. The van der Waals surface area contributed by atoms with Gasteiger partial charge in [0.15, 0.2) is 0 Å². The minimum Gasteiger partial charge on any atom is -0.481 e. The predicted molar refractivity (Wildman–Crippen MR) is 61.6 cm³/mol. The third kappa shape index (κ3) is 2.66. The van der Waals surface area contributed by atoms with Crippen molar-refractivity contribution >= 4 is 5.97 Å². The van der Waals surface area contributed by atoms with Crippen LogP contribution < -0.4 is 0 Å². The first-order valence-electron chi connectivity index (χ1n) is 5.89. The Morgan fingerprint density at radius 2 is 2.41 bits per heavy atom. The van der Waals surface area contributed by atoms with Crippen molar-refractivity contribution in [3.05, 3.63) is 17.5 Å². The Morgan fingerprint density at radius 3 is 3.06 bits per heavy atom. The minimum atomic E-state index is -0.727. The van der Waals surface area contributed by atoms with E-state index in [1.165, 1.54) is 0 Å². The van der Waals surface area contributed by atoms with Crippen LogP contribution in [0.2, 0.25) is 0 Å². The lowest BCUT2D eigenvalue weighted by Gasteiger charge is -2.31. The molecule has 0 fully saturated rings. The number of nitrogens with zero attached hydrogens (tertiary/aromatic N) is 2. The number of aromatic nitrogens is 1. The van der Waals surface area contributed by atoms with E-state index in [1.54, 1.807) is 6.20 Å². The molecule has 0 amide bonds. The third-order valence-electron chi connectivity index (χ3n) is 3.46. The summed E-state index contributed by atoms with van der Waals surface area (Å²) in [6.45, 7) is 0. The molecule has 0 saturated heterocycles. The van der Waals surface area contributed by atoms with Crippen LogP contribution in [0.5, 0.6) is 0 Å². The fraction of sp³-hybridized carbons (Fsp3) is 0.667. The molecule has 2 atom stereocenters. The van der Waals surface area contributed by atoms with Gasteiger partial charge in [0.25, 0.3) is 0 Å². The van der Waals surface area contributed by atoms with Crippen molar-refractivity contribution in [2.24, 2.45) is 5.92 Å². The second kappa shape index (κ2) is 4.87. The van der Waals surface area contributed by atoms with Crippen LogP contribution in [0.3, 0.4) is 0 Å². The second-order valence-corrected chi connectivity index (χ2v) is 4.92. The molecule has 5 nitrogen and oxygen atoms in total. The van der Waals surface area contributed by atoms with Gasteiger partial charge in [0.05, 0.1) is 6.20 Å². The first-order chi connectivity index (χ1) is 8.08. The smallest absolute Gasteiger partial charge is 0.303 e. The van der Waals surface area contributed by atoms with Crippen molar-refractivity contribution in [3.63, 3.8) is 0 Å². The fourth-order valence-electron chi connectivity index (χ4n) is 2.52. The average Bonchev–Trinajstić information content (AvgIpc) is 2.72. The Bertz CT molecular complexity index is 400. The van der Waals surface area contributed by atoms with Crippen molar-refractivity contribution in [2.75, 3.05) is 14.1 Å². The van der Waals surface area contributed by atoms with E-state index in [9.17, 15) is 4.79 Å². The molecule has 1 N–H and O–H groups in total. The van der Waals surface area contributed by atoms with Gasteiger partial charge in [0, 0.05) is 24.4 Å². The second-order valence-electron chi connectivity index (χ2n) is 4.92. The Hall–Kier alpha value is -1.36. The molecule has 0 aromatic carbocycles. The number of fused-ring (bicyclic) bond motifs is 1. The van der Waals surface area contributed by atoms with Crippen LogP contribution in [0.15, 0.2) is 10.7 Å². The third-order valence-corrected chi connectivity index (χ3v) is 3.46. The van der Waals surface area contributed by atoms with Crippen molar-refractivity contribution in [2.45, 2.75) is 31.7 Å². The number of carboxylic acid groups (broad SMARTS) is 1. The number of hydrogen-bond donors (Lipinski definition) is 1. The van der Waals surface area contributed by atoms with Gasteiger partial charge in [0.1, 0.15) is 5.76 Å². The Kier molecular flexibility index (Phi) is 3.47. The number of hydrogen-bond acceptors (Lipinski definition) is 4. The zero-order valence-corrected chi connectivity index (χ0v) is 10.2. The summed E-state index contributed by atoms with van der Waals surface area (Å²) >= 11 is 0. The van der Waals surface area contributed by atoms with Gasteiger partial charge < -0.3 is 14.5 Å². The van der Waals surface area contributed by atoms with Crippen LogP contribution in [-0.4, -0.2) is 35.2 Å². The molecule has 1 aromatic heterocycles. The first-order valence-corrected chi connectivity index (χ1v) is 5.89. The van der Waals surface area contributed by atoms with Gasteiger partial charge in [-0.3, -0.25) is 4.79 Å². The fourth-order valence-corrected chi connectivity index (χ4v) is 2.52. The van der Waals surface area contributed by atoms with Crippen molar-refractivity contribution in [1.29, 1.82) is 0 Å². The molecule has 1 aliphatic carbocycles. The monoisotopic (exact) mass is 238 g/mol. The summed E-state index contributed by atoms with van der Waals surface area (Å²) in [6, 6.07) is 0.295. The van der Waals surface area contributed by atoms with E-state index in [0.29, 0.717) is 18.4 Å². The van der Waals surface area contributed by atoms with Crippen LogP contribution >= 0.6 is 0 Å². The molecule has 5 heteroatoms. The Labute approximate surface area is 100 Å². The summed E-state index contributed by atoms with van der Waals surface area (Å²) in [5.41, 5.74) is 1.15. The number of rotatable bonds is 4. The maximum Gasteiger partial charge on any atom is 0.303 e. The summed E-state index contributed by atoms with van der Waals surface area (Å²) in [6.07, 6.45) is 4.52. The Balaban J connectivity index is 2.08. The van der Waals surface area contributed by atoms with Crippen LogP contribution in [0.25, 0.3) is 0 Å². The summed E-state index contributed by atoms with van der Waals surface area (Å²) in [5.74, 6) is 0.569. The van der Waals surface area contributed by atoms with E-state index < -0.39 is 5.97 Å². The van der Waals surface area contributed by atoms with E-state index in [-0.39, 0.29) is 6.42 Å². The molecular weight excluding hydrogens is 220 g/mol. The van der Waals surface area contributed by atoms with Gasteiger partial charge in [0.2, 0.25) is 0 Å². The maximum absolute atomic E-state index is 10.6. The highest BCUT2D eigenvalue weighted by atomic mass is 16.5. The molecule has 0 spiro atoms. The minimum absolute atomic E-state index is 0.230. The van der Waals surface area contributed by atoms with Gasteiger partial charge in [-0.15, -0.1) is 0 Å². The number of carbonyl (C=O) groups is 1. The molecule has 17 heavy (non-hydrogen) atoms. The predicted octanol–water partition coefficient (Wildman–Crippen LogP) is 1.70. The van der Waals surface area contributed by atoms with E-state index >= 15 is 0 Å². The van der Waals surface area contributed by atoms with E-state index in [2.05, 4.69) is 10.1 Å². The standard InChI is InChI=1S/C12H18N2O3/c1-14(2)10-5-8(3-4-12(15)16)6-11-9(10)7-13-17-11/h7-8,10H,3-6H2,1-2H3,(H,15,16). The molecule has 0 saturated carbocycles. The topological polar surface area (TPSA) is 66.6 Å². The summed E-state index contributed by atoms with van der Waals surface area (Å²) in [7, 11) is 4.06. The van der Waals surface area contributed by atoms with Gasteiger partial charge in [-0.2, -0.15) is 0 Å². The summed E-state index contributed by atoms with van der Waals surface area (Å²) in [4.78, 5) is 12.7. The maximum atomic E-state index is 10.6. The zero-order chi connectivity index (χ0) is 12.4. The molecule has 0 radical (unpaired) electrons. The highest BCUT2D eigenvalue weighted by Crippen LogP contribution is 2.37. The first kappa shape index (κ1) is 12.1. The van der Waals surface area contributed by atoms with Crippen LogP contribution in [0.4, 0.5) is 0 Å². The summed E-state index contributed by atoms with van der Waals surface area (Å²) in [5, 5.41) is 12.6. The SMILES string of the molecule is CN(C)C1CC(CCC(=O)O)Cc2oncc21. The molecule has 0 aliphatic heterocycles. The lowest BCUT2D eigenvalue weighted by Crippen LogP contribution is -2.28. The Morgan fingerprint density at radius 1 is 1.65 bits per heavy atom. The van der Waals surface area contributed by atoms with Crippen molar-refractivity contribution in [3.8, 4) is 0 Å². The largest absolute Gasteiger partial charge is 0.481 e. The molecule has 0 bridgehead atoms. The van der Waals surface area contributed by atoms with E-state index in [0.717, 1.165) is 24.2 Å².